The standard InChI is InChI=1S/C20H20ClN5O/c1-13-4-5-15(10-17(13)21)24-19-11-18(22-12-23-19)20(27)25-14-6-8-16(9-7-14)26(2)3/h4-12H,1-3H3,(H,25,27)(H,22,23,24). The molecule has 2 N–H and O–H groups in total. The van der Waals surface area contributed by atoms with Gasteiger partial charge in [-0.1, -0.05) is 17.7 Å². The number of rotatable bonds is 5. The normalized spacial score (nSPS) is 10.4. The minimum absolute atomic E-state index is 0.266. The van der Waals surface area contributed by atoms with Gasteiger partial charge in [0.05, 0.1) is 0 Å². The Balaban J connectivity index is 1.72. The number of aryl methyl sites for hydroxylation is 1. The lowest BCUT2D eigenvalue weighted by molar-refractivity contribution is 0.102. The number of nitrogens with one attached hydrogen (secondary N) is 2. The lowest BCUT2D eigenvalue weighted by atomic mass is 10.2. The third-order valence-electron chi connectivity index (χ3n) is 3.99. The van der Waals surface area contributed by atoms with Crippen LogP contribution in [0, 0.1) is 6.92 Å². The molecule has 3 rings (SSSR count). The molecule has 0 saturated heterocycles. The Kier molecular flexibility index (Phi) is 5.57. The zero-order valence-corrected chi connectivity index (χ0v) is 16.1. The van der Waals surface area contributed by atoms with Crippen LogP contribution in [0.1, 0.15) is 16.1 Å². The van der Waals surface area contributed by atoms with Gasteiger partial charge < -0.3 is 15.5 Å². The van der Waals surface area contributed by atoms with Crippen LogP contribution in [0.25, 0.3) is 0 Å². The molecule has 2 aromatic carbocycles. The first-order valence-electron chi connectivity index (χ1n) is 8.36. The van der Waals surface area contributed by atoms with Crippen molar-refractivity contribution >= 4 is 40.4 Å². The summed E-state index contributed by atoms with van der Waals surface area (Å²) in [6.45, 7) is 1.93. The summed E-state index contributed by atoms with van der Waals surface area (Å²) in [5.41, 5.74) is 3.80. The van der Waals surface area contributed by atoms with Gasteiger partial charge in [-0.15, -0.1) is 0 Å². The topological polar surface area (TPSA) is 70.2 Å². The highest BCUT2D eigenvalue weighted by Gasteiger charge is 2.10. The first kappa shape index (κ1) is 18.7. The van der Waals surface area contributed by atoms with Crippen LogP contribution in [0.15, 0.2) is 54.9 Å². The maximum atomic E-state index is 12.5. The predicted molar refractivity (Wildman–Crippen MR) is 110 cm³/mol. The summed E-state index contributed by atoms with van der Waals surface area (Å²) >= 11 is 6.14. The van der Waals surface area contributed by atoms with Crippen LogP contribution in [0.5, 0.6) is 0 Å². The van der Waals surface area contributed by atoms with E-state index < -0.39 is 0 Å². The van der Waals surface area contributed by atoms with Gasteiger partial charge >= 0.3 is 0 Å². The Morgan fingerprint density at radius 1 is 1.00 bits per heavy atom. The highest BCUT2D eigenvalue weighted by molar-refractivity contribution is 6.31. The Hall–Kier alpha value is -3.12. The molecule has 0 spiro atoms. The van der Waals surface area contributed by atoms with Crippen molar-refractivity contribution in [3.63, 3.8) is 0 Å². The maximum absolute atomic E-state index is 12.5. The number of carbonyl (C=O) groups excluding carboxylic acids is 1. The number of aromatic nitrogens is 2. The molecule has 1 amide bonds. The lowest BCUT2D eigenvalue weighted by Gasteiger charge is -2.13. The van der Waals surface area contributed by atoms with E-state index in [1.54, 1.807) is 6.07 Å². The smallest absolute Gasteiger partial charge is 0.274 e. The molecule has 0 aliphatic carbocycles. The van der Waals surface area contributed by atoms with E-state index in [1.165, 1.54) is 6.33 Å². The van der Waals surface area contributed by atoms with Gasteiger partial charge in [0.25, 0.3) is 5.91 Å². The zero-order chi connectivity index (χ0) is 19.4. The summed E-state index contributed by atoms with van der Waals surface area (Å²) in [5.74, 6) is 0.206. The number of nitrogens with zero attached hydrogens (tertiary/aromatic N) is 3. The number of amides is 1. The maximum Gasteiger partial charge on any atom is 0.274 e. The van der Waals surface area contributed by atoms with Crippen molar-refractivity contribution in [3.05, 3.63) is 71.1 Å². The molecule has 3 aromatic rings. The fraction of sp³-hybridized carbons (Fsp3) is 0.150. The molecule has 6 nitrogen and oxygen atoms in total. The van der Waals surface area contributed by atoms with Gasteiger partial charge in [0.15, 0.2) is 0 Å². The number of anilines is 4. The molecule has 0 radical (unpaired) electrons. The van der Waals surface area contributed by atoms with E-state index in [1.807, 2.05) is 68.4 Å². The molecule has 0 aliphatic heterocycles. The van der Waals surface area contributed by atoms with Crippen molar-refractivity contribution in [2.24, 2.45) is 0 Å². The van der Waals surface area contributed by atoms with E-state index in [2.05, 4.69) is 20.6 Å². The van der Waals surface area contributed by atoms with Crippen LogP contribution in [0.3, 0.4) is 0 Å². The summed E-state index contributed by atoms with van der Waals surface area (Å²) in [6.07, 6.45) is 1.35. The van der Waals surface area contributed by atoms with Crippen molar-refractivity contribution in [1.29, 1.82) is 0 Å². The van der Waals surface area contributed by atoms with Crippen molar-refractivity contribution < 1.29 is 4.79 Å². The number of halogens is 1. The second kappa shape index (κ2) is 8.05. The second-order valence-corrected chi connectivity index (χ2v) is 6.68. The van der Waals surface area contributed by atoms with Crippen molar-refractivity contribution in [1.82, 2.24) is 9.97 Å². The van der Waals surface area contributed by atoms with Crippen LogP contribution >= 0.6 is 11.6 Å². The third kappa shape index (κ3) is 4.74. The Bertz CT molecular complexity index is 957. The van der Waals surface area contributed by atoms with E-state index in [9.17, 15) is 4.79 Å². The average Bonchev–Trinajstić information content (AvgIpc) is 2.65. The minimum atomic E-state index is -0.306. The van der Waals surface area contributed by atoms with Crippen molar-refractivity contribution in [2.45, 2.75) is 6.92 Å². The van der Waals surface area contributed by atoms with E-state index in [0.29, 0.717) is 16.5 Å². The molecule has 0 unspecified atom stereocenters. The summed E-state index contributed by atoms with van der Waals surface area (Å²) in [7, 11) is 3.93. The summed E-state index contributed by atoms with van der Waals surface area (Å²) < 4.78 is 0. The van der Waals surface area contributed by atoms with Crippen molar-refractivity contribution in [3.8, 4) is 0 Å². The molecule has 1 aromatic heterocycles. The van der Waals surface area contributed by atoms with Crippen LogP contribution in [-0.2, 0) is 0 Å². The average molecular weight is 382 g/mol. The van der Waals surface area contributed by atoms with Gasteiger partial charge in [0.2, 0.25) is 0 Å². The first-order valence-corrected chi connectivity index (χ1v) is 8.74. The van der Waals surface area contributed by atoms with Crippen LogP contribution in [0.4, 0.5) is 22.9 Å². The Labute approximate surface area is 163 Å². The summed E-state index contributed by atoms with van der Waals surface area (Å²) in [5, 5.41) is 6.63. The van der Waals surface area contributed by atoms with Gasteiger partial charge in [0, 0.05) is 42.2 Å². The van der Waals surface area contributed by atoms with Gasteiger partial charge in [-0.05, 0) is 48.9 Å². The van der Waals surface area contributed by atoms with Crippen molar-refractivity contribution in [2.75, 3.05) is 29.6 Å². The molecular weight excluding hydrogens is 362 g/mol. The summed E-state index contributed by atoms with van der Waals surface area (Å²) in [4.78, 5) is 22.7. The minimum Gasteiger partial charge on any atom is -0.378 e. The predicted octanol–water partition coefficient (Wildman–Crippen LogP) is 4.50. The van der Waals surface area contributed by atoms with Gasteiger partial charge in [-0.25, -0.2) is 9.97 Å². The quantitative estimate of drug-likeness (QED) is 0.680. The molecule has 0 aliphatic rings. The highest BCUT2D eigenvalue weighted by atomic mass is 35.5. The fourth-order valence-electron chi connectivity index (χ4n) is 2.41. The van der Waals surface area contributed by atoms with Gasteiger partial charge in [-0.3, -0.25) is 4.79 Å². The summed E-state index contributed by atoms with van der Waals surface area (Å²) in [6, 6.07) is 14.8. The molecule has 0 bridgehead atoms. The van der Waals surface area contributed by atoms with E-state index in [-0.39, 0.29) is 11.6 Å². The van der Waals surface area contributed by atoms with E-state index in [0.717, 1.165) is 16.9 Å². The largest absolute Gasteiger partial charge is 0.378 e. The molecule has 0 atom stereocenters. The lowest BCUT2D eigenvalue weighted by Crippen LogP contribution is -2.14. The molecule has 0 fully saturated rings. The molecule has 0 saturated carbocycles. The SMILES string of the molecule is Cc1ccc(Nc2cc(C(=O)Nc3ccc(N(C)C)cc3)ncn2)cc1Cl. The number of hydrogen-bond donors (Lipinski definition) is 2. The first-order chi connectivity index (χ1) is 12.9. The molecule has 7 heteroatoms. The Morgan fingerprint density at radius 3 is 2.37 bits per heavy atom. The van der Waals surface area contributed by atoms with Gasteiger partial charge in [-0.2, -0.15) is 0 Å². The monoisotopic (exact) mass is 381 g/mol. The van der Waals surface area contributed by atoms with Crippen LogP contribution in [0.2, 0.25) is 5.02 Å². The fourth-order valence-corrected chi connectivity index (χ4v) is 2.59. The Morgan fingerprint density at radius 2 is 1.70 bits per heavy atom. The van der Waals surface area contributed by atoms with E-state index >= 15 is 0 Å². The van der Waals surface area contributed by atoms with Gasteiger partial charge in [0.1, 0.15) is 17.8 Å². The third-order valence-corrected chi connectivity index (χ3v) is 4.39. The van der Waals surface area contributed by atoms with Crippen LogP contribution in [-0.4, -0.2) is 30.0 Å². The number of benzene rings is 2. The molecule has 138 valence electrons. The molecule has 1 heterocycles. The molecule has 27 heavy (non-hydrogen) atoms. The zero-order valence-electron chi connectivity index (χ0n) is 15.3. The second-order valence-electron chi connectivity index (χ2n) is 6.27. The molecular formula is C20H20ClN5O. The van der Waals surface area contributed by atoms with E-state index in [4.69, 9.17) is 11.6 Å². The number of hydrogen-bond acceptors (Lipinski definition) is 5. The number of carbonyl (C=O) groups is 1. The van der Waals surface area contributed by atoms with Crippen LogP contribution < -0.4 is 15.5 Å². The highest BCUT2D eigenvalue weighted by Crippen LogP contribution is 2.22.